The third-order valence-electron chi connectivity index (χ3n) is 2.52. The molecule has 0 unspecified atom stereocenters. The van der Waals surface area contributed by atoms with Crippen molar-refractivity contribution in [2.24, 2.45) is 0 Å². The van der Waals surface area contributed by atoms with Crippen molar-refractivity contribution in [1.82, 2.24) is 4.98 Å². The molecule has 5 nitrogen and oxygen atoms in total. The Morgan fingerprint density at radius 2 is 2.27 bits per heavy atom. The van der Waals surface area contributed by atoms with Crippen molar-refractivity contribution < 1.29 is 15.0 Å². The number of aliphatic hydroxyl groups excluding tert-OH is 1. The minimum Gasteiger partial charge on any atom is -0.478 e. The summed E-state index contributed by atoms with van der Waals surface area (Å²) in [5.41, 5.74) is 0.730. The van der Waals surface area contributed by atoms with E-state index >= 15 is 0 Å². The van der Waals surface area contributed by atoms with Gasteiger partial charge in [0.25, 0.3) is 0 Å². The minimum absolute atomic E-state index is 0.166. The van der Waals surface area contributed by atoms with E-state index in [9.17, 15) is 4.79 Å². The van der Waals surface area contributed by atoms with Crippen LogP contribution in [0.2, 0.25) is 0 Å². The van der Waals surface area contributed by atoms with Crippen LogP contribution in [0.3, 0.4) is 0 Å². The largest absolute Gasteiger partial charge is 0.478 e. The van der Waals surface area contributed by atoms with Gasteiger partial charge in [0.05, 0.1) is 11.8 Å². The van der Waals surface area contributed by atoms with E-state index in [0.29, 0.717) is 18.5 Å². The van der Waals surface area contributed by atoms with Gasteiger partial charge in [-0.15, -0.1) is 0 Å². The molecule has 0 radical (unpaired) electrons. The van der Waals surface area contributed by atoms with Crippen LogP contribution < -0.4 is 5.32 Å². The highest BCUT2D eigenvalue weighted by atomic mass is 16.4. The average Bonchev–Trinajstić information content (AvgIpc) is 2.16. The van der Waals surface area contributed by atoms with Gasteiger partial charge in [-0.25, -0.2) is 4.79 Å². The Morgan fingerprint density at radius 1 is 1.53 bits per heavy atom. The van der Waals surface area contributed by atoms with E-state index in [0.717, 1.165) is 0 Å². The second-order valence-electron chi connectivity index (χ2n) is 3.69. The van der Waals surface area contributed by atoms with Gasteiger partial charge in [-0.05, 0) is 18.9 Å². The summed E-state index contributed by atoms with van der Waals surface area (Å²) in [5, 5.41) is 21.1. The molecule has 0 saturated heterocycles. The second-order valence-corrected chi connectivity index (χ2v) is 3.69. The molecular weight excluding hydrogens is 196 g/mol. The van der Waals surface area contributed by atoms with Crippen molar-refractivity contribution in [3.8, 4) is 0 Å². The molecule has 1 aromatic rings. The molecule has 1 aliphatic carbocycles. The highest BCUT2D eigenvalue weighted by Crippen LogP contribution is 2.25. The quantitative estimate of drug-likeness (QED) is 0.681. The zero-order valence-electron chi connectivity index (χ0n) is 8.05. The number of carboxylic acid groups (broad SMARTS) is 1. The number of carbonyl (C=O) groups is 1. The average molecular weight is 208 g/mol. The highest BCUT2D eigenvalue weighted by molar-refractivity contribution is 5.93. The predicted molar refractivity (Wildman–Crippen MR) is 53.8 cm³/mol. The van der Waals surface area contributed by atoms with Crippen LogP contribution >= 0.6 is 0 Å². The van der Waals surface area contributed by atoms with Crippen LogP contribution in [0.4, 0.5) is 5.69 Å². The third kappa shape index (κ3) is 2.07. The summed E-state index contributed by atoms with van der Waals surface area (Å²) in [4.78, 5) is 14.6. The van der Waals surface area contributed by atoms with Gasteiger partial charge in [0, 0.05) is 18.4 Å². The molecule has 80 valence electrons. The van der Waals surface area contributed by atoms with Crippen molar-refractivity contribution in [2.75, 3.05) is 5.32 Å². The minimum atomic E-state index is -0.995. The van der Waals surface area contributed by atoms with Gasteiger partial charge in [0.2, 0.25) is 0 Å². The lowest BCUT2D eigenvalue weighted by atomic mass is 9.89. The molecule has 3 N–H and O–H groups in total. The lowest BCUT2D eigenvalue weighted by Gasteiger charge is -2.33. The van der Waals surface area contributed by atoms with Crippen LogP contribution in [0.15, 0.2) is 18.5 Å². The fourth-order valence-corrected chi connectivity index (χ4v) is 1.62. The number of anilines is 1. The van der Waals surface area contributed by atoms with E-state index in [1.54, 1.807) is 12.3 Å². The topological polar surface area (TPSA) is 82.5 Å². The summed E-state index contributed by atoms with van der Waals surface area (Å²) in [6.45, 7) is 0. The fraction of sp³-hybridized carbons (Fsp3) is 0.400. The van der Waals surface area contributed by atoms with Crippen LogP contribution in [0.25, 0.3) is 0 Å². The molecule has 1 fully saturated rings. The molecule has 2 rings (SSSR count). The van der Waals surface area contributed by atoms with Crippen LogP contribution in [0.5, 0.6) is 0 Å². The van der Waals surface area contributed by atoms with E-state index in [2.05, 4.69) is 10.3 Å². The SMILES string of the molecule is O=C(O)c1cnccc1NC1CC(O)C1. The van der Waals surface area contributed by atoms with Crippen LogP contribution in [0.1, 0.15) is 23.2 Å². The molecule has 0 aromatic carbocycles. The Kier molecular flexibility index (Phi) is 2.55. The zero-order valence-corrected chi connectivity index (χ0v) is 8.05. The molecule has 0 bridgehead atoms. The van der Waals surface area contributed by atoms with E-state index in [-0.39, 0.29) is 17.7 Å². The standard InChI is InChI=1S/C10H12N2O3/c13-7-3-6(4-7)12-9-1-2-11-5-8(9)10(14)15/h1-2,5-7,13H,3-4H2,(H,11,12)(H,14,15). The molecule has 0 aliphatic heterocycles. The summed E-state index contributed by atoms with van der Waals surface area (Å²) in [5.74, 6) is -0.995. The third-order valence-corrected chi connectivity index (χ3v) is 2.52. The number of pyridine rings is 1. The van der Waals surface area contributed by atoms with E-state index in [1.165, 1.54) is 6.20 Å². The molecule has 1 saturated carbocycles. The Labute approximate surface area is 86.8 Å². The first kappa shape index (κ1) is 9.92. The van der Waals surface area contributed by atoms with Crippen LogP contribution in [-0.4, -0.2) is 33.3 Å². The Bertz CT molecular complexity index is 375. The molecule has 0 atom stereocenters. The maximum Gasteiger partial charge on any atom is 0.339 e. The van der Waals surface area contributed by atoms with Gasteiger partial charge in [-0.1, -0.05) is 0 Å². The Balaban J connectivity index is 2.10. The molecule has 5 heteroatoms. The molecule has 1 aliphatic rings. The number of carboxylic acids is 1. The number of aliphatic hydroxyl groups is 1. The smallest absolute Gasteiger partial charge is 0.339 e. The van der Waals surface area contributed by atoms with E-state index in [1.807, 2.05) is 0 Å². The molecule has 0 amide bonds. The summed E-state index contributed by atoms with van der Waals surface area (Å²) >= 11 is 0. The lowest BCUT2D eigenvalue weighted by Crippen LogP contribution is -2.39. The van der Waals surface area contributed by atoms with Crippen LogP contribution in [-0.2, 0) is 0 Å². The molecule has 0 spiro atoms. The fourth-order valence-electron chi connectivity index (χ4n) is 1.62. The Morgan fingerprint density at radius 3 is 2.87 bits per heavy atom. The van der Waals surface area contributed by atoms with Crippen molar-refractivity contribution in [2.45, 2.75) is 25.0 Å². The maximum absolute atomic E-state index is 10.8. The Hall–Kier alpha value is -1.62. The van der Waals surface area contributed by atoms with Gasteiger partial charge >= 0.3 is 5.97 Å². The summed E-state index contributed by atoms with van der Waals surface area (Å²) in [6.07, 6.45) is 3.95. The number of hydrogen-bond acceptors (Lipinski definition) is 4. The number of rotatable bonds is 3. The molecule has 1 heterocycles. The molecule has 15 heavy (non-hydrogen) atoms. The lowest BCUT2D eigenvalue weighted by molar-refractivity contribution is 0.0697. The van der Waals surface area contributed by atoms with Crippen molar-refractivity contribution in [3.05, 3.63) is 24.0 Å². The summed E-state index contributed by atoms with van der Waals surface area (Å²) in [6, 6.07) is 1.80. The van der Waals surface area contributed by atoms with Gasteiger partial charge in [-0.3, -0.25) is 4.98 Å². The monoisotopic (exact) mass is 208 g/mol. The first-order valence-electron chi connectivity index (χ1n) is 4.78. The maximum atomic E-state index is 10.8. The van der Waals surface area contributed by atoms with E-state index < -0.39 is 5.97 Å². The first-order valence-corrected chi connectivity index (χ1v) is 4.78. The van der Waals surface area contributed by atoms with Crippen molar-refractivity contribution in [1.29, 1.82) is 0 Å². The number of aromatic nitrogens is 1. The number of nitrogens with zero attached hydrogens (tertiary/aromatic N) is 1. The molecule has 1 aromatic heterocycles. The molecular formula is C10H12N2O3. The summed E-state index contributed by atoms with van der Waals surface area (Å²) in [7, 11) is 0. The predicted octanol–water partition coefficient (Wildman–Crippen LogP) is 0.715. The summed E-state index contributed by atoms with van der Waals surface area (Å²) < 4.78 is 0. The van der Waals surface area contributed by atoms with Crippen LogP contribution in [0, 0.1) is 0 Å². The number of nitrogens with one attached hydrogen (secondary N) is 1. The van der Waals surface area contributed by atoms with Crippen molar-refractivity contribution >= 4 is 11.7 Å². The van der Waals surface area contributed by atoms with Crippen molar-refractivity contribution in [3.63, 3.8) is 0 Å². The van der Waals surface area contributed by atoms with Gasteiger partial charge in [0.1, 0.15) is 5.56 Å². The van der Waals surface area contributed by atoms with Gasteiger partial charge in [-0.2, -0.15) is 0 Å². The normalized spacial score (nSPS) is 24.3. The van der Waals surface area contributed by atoms with Gasteiger partial charge < -0.3 is 15.5 Å². The second kappa shape index (κ2) is 3.86. The van der Waals surface area contributed by atoms with Gasteiger partial charge in [0.15, 0.2) is 0 Å². The van der Waals surface area contributed by atoms with E-state index in [4.69, 9.17) is 10.2 Å². The highest BCUT2D eigenvalue weighted by Gasteiger charge is 2.27. The number of hydrogen-bond donors (Lipinski definition) is 3. The first-order chi connectivity index (χ1) is 7.16. The number of aromatic carboxylic acids is 1. The zero-order chi connectivity index (χ0) is 10.8.